The molecule has 0 radical (unpaired) electrons. The largest absolute Gasteiger partial charge is 0.444 e. The summed E-state index contributed by atoms with van der Waals surface area (Å²) in [7, 11) is 0. The van der Waals surface area contributed by atoms with Crippen molar-refractivity contribution in [1.82, 2.24) is 16.0 Å². The fourth-order valence-electron chi connectivity index (χ4n) is 1.24. The molecule has 20 heavy (non-hydrogen) atoms. The van der Waals surface area contributed by atoms with Crippen LogP contribution < -0.4 is 16.0 Å². The van der Waals surface area contributed by atoms with Crippen LogP contribution in [0.2, 0.25) is 0 Å². The summed E-state index contributed by atoms with van der Waals surface area (Å²) in [5.74, 6) is 0. The zero-order chi connectivity index (χ0) is 15.4. The van der Waals surface area contributed by atoms with Crippen LogP contribution in [0.15, 0.2) is 0 Å². The molecule has 3 amide bonds. The number of nitrogens with one attached hydrogen (secondary N) is 3. The van der Waals surface area contributed by atoms with E-state index < -0.39 is 11.7 Å². The van der Waals surface area contributed by atoms with Crippen molar-refractivity contribution in [2.75, 3.05) is 32.8 Å². The molecule has 7 heteroatoms. The van der Waals surface area contributed by atoms with Gasteiger partial charge in [-0.15, -0.1) is 0 Å². The molecule has 0 aliphatic carbocycles. The van der Waals surface area contributed by atoms with E-state index in [0.29, 0.717) is 32.8 Å². The van der Waals surface area contributed by atoms with Crippen LogP contribution in [0.1, 0.15) is 34.1 Å². The van der Waals surface area contributed by atoms with Gasteiger partial charge in [0.25, 0.3) is 0 Å². The molecule has 0 aromatic heterocycles. The molecular formula is C13H27N3O4. The summed E-state index contributed by atoms with van der Waals surface area (Å²) in [6.07, 6.45) is 0.286. The Labute approximate surface area is 120 Å². The van der Waals surface area contributed by atoms with Crippen molar-refractivity contribution in [1.29, 1.82) is 0 Å². The molecule has 0 aromatic rings. The predicted octanol–water partition coefficient (Wildman–Crippen LogP) is 1.24. The third-order valence-electron chi connectivity index (χ3n) is 2.03. The van der Waals surface area contributed by atoms with Gasteiger partial charge in [0.15, 0.2) is 0 Å². The number of urea groups is 1. The Bertz CT molecular complexity index is 290. The van der Waals surface area contributed by atoms with Crippen LogP contribution in [0, 0.1) is 0 Å². The van der Waals surface area contributed by atoms with Gasteiger partial charge >= 0.3 is 12.1 Å². The number of rotatable bonds is 8. The molecule has 0 unspecified atom stereocenters. The molecule has 7 nitrogen and oxygen atoms in total. The van der Waals surface area contributed by atoms with E-state index in [0.717, 1.165) is 6.42 Å². The minimum absolute atomic E-state index is 0.257. The molecule has 0 saturated heterocycles. The van der Waals surface area contributed by atoms with Gasteiger partial charge in [0.2, 0.25) is 0 Å². The molecule has 0 fully saturated rings. The molecule has 3 N–H and O–H groups in total. The molecule has 118 valence electrons. The molecular weight excluding hydrogens is 262 g/mol. The van der Waals surface area contributed by atoms with Gasteiger partial charge in [0.05, 0.1) is 0 Å². The maximum atomic E-state index is 11.3. The second-order valence-electron chi connectivity index (χ2n) is 5.16. The van der Waals surface area contributed by atoms with Crippen molar-refractivity contribution >= 4 is 12.1 Å². The van der Waals surface area contributed by atoms with Crippen molar-refractivity contribution in [3.8, 4) is 0 Å². The van der Waals surface area contributed by atoms with E-state index in [1.165, 1.54) is 0 Å². The van der Waals surface area contributed by atoms with E-state index in [1.807, 2.05) is 6.92 Å². The highest BCUT2D eigenvalue weighted by Crippen LogP contribution is 2.05. The highest BCUT2D eigenvalue weighted by molar-refractivity contribution is 5.73. The van der Waals surface area contributed by atoms with Crippen LogP contribution in [0.5, 0.6) is 0 Å². The van der Waals surface area contributed by atoms with Crippen molar-refractivity contribution in [3.05, 3.63) is 0 Å². The molecule has 0 bridgehead atoms. The van der Waals surface area contributed by atoms with Gasteiger partial charge in [-0.25, -0.2) is 9.59 Å². The van der Waals surface area contributed by atoms with Crippen molar-refractivity contribution in [2.45, 2.75) is 39.7 Å². The topological polar surface area (TPSA) is 88.7 Å². The Morgan fingerprint density at radius 2 is 1.60 bits per heavy atom. The first-order valence-electron chi connectivity index (χ1n) is 6.91. The van der Waals surface area contributed by atoms with Gasteiger partial charge < -0.3 is 25.4 Å². The first-order valence-corrected chi connectivity index (χ1v) is 6.91. The second-order valence-corrected chi connectivity index (χ2v) is 5.16. The standard InChI is InChI=1S/C13H27N3O4/c1-5-19-10-6-7-14-11(17)15-8-9-16-12(18)20-13(2,3)4/h5-10H2,1-4H3,(H,16,18)(H2,14,15,17). The third kappa shape index (κ3) is 12.9. The molecule has 0 aromatic carbocycles. The van der Waals surface area contributed by atoms with Crippen LogP contribution in [-0.4, -0.2) is 50.6 Å². The molecule has 0 heterocycles. The van der Waals surface area contributed by atoms with E-state index >= 15 is 0 Å². The van der Waals surface area contributed by atoms with Crippen LogP contribution in [0.3, 0.4) is 0 Å². The maximum absolute atomic E-state index is 11.3. The number of carbonyl (C=O) groups is 2. The summed E-state index contributed by atoms with van der Waals surface area (Å²) in [4.78, 5) is 22.6. The number of amides is 3. The van der Waals surface area contributed by atoms with Gasteiger partial charge in [-0.1, -0.05) is 0 Å². The number of ether oxygens (including phenoxy) is 2. The van der Waals surface area contributed by atoms with E-state index in [-0.39, 0.29) is 6.03 Å². The summed E-state index contributed by atoms with van der Waals surface area (Å²) >= 11 is 0. The molecule has 0 rings (SSSR count). The van der Waals surface area contributed by atoms with E-state index in [1.54, 1.807) is 20.8 Å². The summed E-state index contributed by atoms with van der Waals surface area (Å²) < 4.78 is 10.2. The van der Waals surface area contributed by atoms with Gasteiger partial charge in [0, 0.05) is 32.8 Å². The smallest absolute Gasteiger partial charge is 0.407 e. The van der Waals surface area contributed by atoms with Gasteiger partial charge in [-0.3, -0.25) is 0 Å². The van der Waals surface area contributed by atoms with Crippen LogP contribution in [-0.2, 0) is 9.47 Å². The van der Waals surface area contributed by atoms with E-state index in [4.69, 9.17) is 9.47 Å². The monoisotopic (exact) mass is 289 g/mol. The Morgan fingerprint density at radius 3 is 2.20 bits per heavy atom. The van der Waals surface area contributed by atoms with E-state index in [2.05, 4.69) is 16.0 Å². The normalized spacial score (nSPS) is 10.8. The molecule has 0 aliphatic heterocycles. The first-order chi connectivity index (χ1) is 9.35. The van der Waals surface area contributed by atoms with Gasteiger partial charge in [-0.05, 0) is 34.1 Å². The highest BCUT2D eigenvalue weighted by atomic mass is 16.6. The molecule has 0 spiro atoms. The lowest BCUT2D eigenvalue weighted by Gasteiger charge is -2.19. The minimum Gasteiger partial charge on any atom is -0.444 e. The van der Waals surface area contributed by atoms with E-state index in [9.17, 15) is 9.59 Å². The number of hydrogen-bond donors (Lipinski definition) is 3. The van der Waals surface area contributed by atoms with Crippen molar-refractivity contribution in [2.24, 2.45) is 0 Å². The fraction of sp³-hybridized carbons (Fsp3) is 0.846. The highest BCUT2D eigenvalue weighted by Gasteiger charge is 2.15. The number of hydrogen-bond acceptors (Lipinski definition) is 4. The SMILES string of the molecule is CCOCCCNC(=O)NCCNC(=O)OC(C)(C)C. The summed E-state index contributed by atoms with van der Waals surface area (Å²) in [5, 5.41) is 7.88. The van der Waals surface area contributed by atoms with Crippen molar-refractivity contribution in [3.63, 3.8) is 0 Å². The van der Waals surface area contributed by atoms with Gasteiger partial charge in [-0.2, -0.15) is 0 Å². The average molecular weight is 289 g/mol. The number of carbonyl (C=O) groups excluding carboxylic acids is 2. The quantitative estimate of drug-likeness (QED) is 0.586. The summed E-state index contributed by atoms with van der Waals surface area (Å²) in [5.41, 5.74) is -0.518. The van der Waals surface area contributed by atoms with Crippen molar-refractivity contribution < 1.29 is 19.1 Å². The first kappa shape index (κ1) is 18.5. The molecule has 0 atom stereocenters. The van der Waals surface area contributed by atoms with Gasteiger partial charge in [0.1, 0.15) is 5.60 Å². The number of alkyl carbamates (subject to hydrolysis) is 1. The lowest BCUT2D eigenvalue weighted by Crippen LogP contribution is -2.41. The minimum atomic E-state index is -0.518. The predicted molar refractivity (Wildman–Crippen MR) is 76.7 cm³/mol. The Hall–Kier alpha value is -1.50. The van der Waals surface area contributed by atoms with Crippen LogP contribution in [0.25, 0.3) is 0 Å². The third-order valence-corrected chi connectivity index (χ3v) is 2.03. The molecule has 0 aliphatic rings. The zero-order valence-corrected chi connectivity index (χ0v) is 12.9. The summed E-state index contributed by atoms with van der Waals surface area (Å²) in [6.45, 7) is 9.85. The molecule has 0 saturated carbocycles. The Balaban J connectivity index is 3.46. The zero-order valence-electron chi connectivity index (χ0n) is 12.9. The van der Waals surface area contributed by atoms with Crippen LogP contribution >= 0.6 is 0 Å². The fourth-order valence-corrected chi connectivity index (χ4v) is 1.24. The lowest BCUT2D eigenvalue weighted by atomic mass is 10.2. The average Bonchev–Trinajstić information content (AvgIpc) is 2.32. The Morgan fingerprint density at radius 1 is 1.00 bits per heavy atom. The second kappa shape index (κ2) is 10.3. The summed E-state index contributed by atoms with van der Waals surface area (Å²) in [6, 6.07) is -0.257. The lowest BCUT2D eigenvalue weighted by molar-refractivity contribution is 0.0528. The maximum Gasteiger partial charge on any atom is 0.407 e. The Kier molecular flexibility index (Phi) is 9.53. The van der Waals surface area contributed by atoms with Crippen LogP contribution in [0.4, 0.5) is 9.59 Å².